The number of esters is 1. The molecule has 6 bridgehead atoms. The molecule has 4 heteroatoms. The number of fused-ring (bicyclic) bond motifs is 6. The fourth-order valence-electron chi connectivity index (χ4n) is 9.16. The maximum Gasteiger partial charge on any atom is 0.302 e. The molecule has 11 atom stereocenters. The van der Waals surface area contributed by atoms with Crippen LogP contribution in [-0.2, 0) is 14.3 Å². The van der Waals surface area contributed by atoms with E-state index in [0.717, 1.165) is 37.0 Å². The van der Waals surface area contributed by atoms with Crippen molar-refractivity contribution in [3.05, 3.63) is 0 Å². The molecule has 0 aromatic rings. The van der Waals surface area contributed by atoms with E-state index in [1.54, 1.807) is 0 Å². The van der Waals surface area contributed by atoms with Crippen LogP contribution in [0.5, 0.6) is 0 Å². The molecule has 0 aromatic heterocycles. The standard InChI is InChI=1S/C12H20O2.C10H18O.C10H16O/c1-8-10-4-5-12(3,6-10)7-11(8)14-9(2)13;2*1-7-8-3-4-10(2,5-8)6-9(7)11/h8,10-11H,4-7H2,1-3H3;7-9,11H,3-6H2,1-2H3;7-8H,3-6H2,1-2H3. The van der Waals surface area contributed by atoms with E-state index in [-0.39, 0.29) is 18.2 Å². The summed E-state index contributed by atoms with van der Waals surface area (Å²) in [6.45, 7) is 15.0. The number of ether oxygens (including phenoxy) is 1. The van der Waals surface area contributed by atoms with Gasteiger partial charge in [-0.15, -0.1) is 0 Å². The van der Waals surface area contributed by atoms with E-state index in [1.165, 1.54) is 64.7 Å². The molecule has 11 unspecified atom stereocenters. The Hall–Kier alpha value is -0.900. The zero-order valence-corrected chi connectivity index (χ0v) is 24.3. The zero-order chi connectivity index (χ0) is 26.5. The molecule has 0 spiro atoms. The average Bonchev–Trinajstić information content (AvgIpc) is 3.42. The fraction of sp³-hybridized carbons (Fsp3) is 0.938. The van der Waals surface area contributed by atoms with E-state index in [4.69, 9.17) is 4.74 Å². The van der Waals surface area contributed by atoms with Gasteiger partial charge in [0.25, 0.3) is 0 Å². The number of aliphatic hydroxyl groups excluding tert-OH is 1. The second-order valence-corrected chi connectivity index (χ2v) is 15.2. The molecule has 0 heterocycles. The molecular weight excluding hydrogens is 448 g/mol. The first-order chi connectivity index (χ1) is 16.7. The van der Waals surface area contributed by atoms with E-state index in [2.05, 4.69) is 41.5 Å². The van der Waals surface area contributed by atoms with E-state index in [0.29, 0.717) is 39.8 Å². The molecule has 0 amide bonds. The second-order valence-electron chi connectivity index (χ2n) is 15.2. The van der Waals surface area contributed by atoms with Crippen molar-refractivity contribution in [2.75, 3.05) is 0 Å². The third-order valence-corrected chi connectivity index (χ3v) is 11.8. The highest BCUT2D eigenvalue weighted by Gasteiger charge is 2.48. The van der Waals surface area contributed by atoms with Gasteiger partial charge in [0.2, 0.25) is 0 Å². The first-order valence-corrected chi connectivity index (χ1v) is 15.1. The number of carbonyl (C=O) groups is 2. The van der Waals surface area contributed by atoms with Crippen LogP contribution >= 0.6 is 0 Å². The van der Waals surface area contributed by atoms with Crippen molar-refractivity contribution in [2.24, 2.45) is 51.8 Å². The summed E-state index contributed by atoms with van der Waals surface area (Å²) in [6.07, 6.45) is 15.1. The van der Waals surface area contributed by atoms with Crippen LogP contribution in [0.4, 0.5) is 0 Å². The Morgan fingerprint density at radius 3 is 1.89 bits per heavy atom. The Bertz CT molecular complexity index is 823. The van der Waals surface area contributed by atoms with Crippen LogP contribution in [0.1, 0.15) is 126 Å². The van der Waals surface area contributed by atoms with Crippen molar-refractivity contribution in [3.63, 3.8) is 0 Å². The van der Waals surface area contributed by atoms with Gasteiger partial charge in [0.05, 0.1) is 6.10 Å². The molecule has 1 N–H and O–H groups in total. The van der Waals surface area contributed by atoms with Crippen molar-refractivity contribution < 1.29 is 19.4 Å². The Kier molecular flexibility index (Phi) is 8.08. The number of hydrogen-bond acceptors (Lipinski definition) is 4. The maximum atomic E-state index is 11.5. The van der Waals surface area contributed by atoms with Gasteiger partial charge in [0, 0.05) is 19.3 Å². The van der Waals surface area contributed by atoms with Gasteiger partial charge in [0.1, 0.15) is 11.9 Å². The van der Waals surface area contributed by atoms with Crippen molar-refractivity contribution >= 4 is 11.8 Å². The summed E-state index contributed by atoms with van der Waals surface area (Å²) < 4.78 is 5.41. The normalized spacial score (nSPS) is 50.5. The topological polar surface area (TPSA) is 63.6 Å². The quantitative estimate of drug-likeness (QED) is 0.380. The first-order valence-electron chi connectivity index (χ1n) is 15.1. The summed E-state index contributed by atoms with van der Waals surface area (Å²) in [5, 5.41) is 9.72. The van der Waals surface area contributed by atoms with Crippen LogP contribution in [-0.4, -0.2) is 29.1 Å². The van der Waals surface area contributed by atoms with Crippen molar-refractivity contribution in [1.82, 2.24) is 0 Å². The summed E-state index contributed by atoms with van der Waals surface area (Å²) >= 11 is 0. The lowest BCUT2D eigenvalue weighted by Crippen LogP contribution is -2.37. The smallest absolute Gasteiger partial charge is 0.302 e. The minimum Gasteiger partial charge on any atom is -0.462 e. The Morgan fingerprint density at radius 2 is 1.28 bits per heavy atom. The predicted octanol–water partition coefficient (Wildman–Crippen LogP) is 7.36. The maximum absolute atomic E-state index is 11.5. The van der Waals surface area contributed by atoms with Gasteiger partial charge in [0.15, 0.2) is 0 Å². The van der Waals surface area contributed by atoms with E-state index in [1.807, 2.05) is 0 Å². The van der Waals surface area contributed by atoms with Crippen LogP contribution < -0.4 is 0 Å². The number of hydrogen-bond donors (Lipinski definition) is 1. The highest BCUT2D eigenvalue weighted by Crippen LogP contribution is 2.55. The molecule has 0 aromatic carbocycles. The molecule has 6 aliphatic carbocycles. The molecule has 6 aliphatic rings. The van der Waals surface area contributed by atoms with Crippen LogP contribution in [0.3, 0.4) is 0 Å². The van der Waals surface area contributed by atoms with Gasteiger partial charge in [-0.3, -0.25) is 9.59 Å². The molecule has 6 saturated carbocycles. The molecule has 36 heavy (non-hydrogen) atoms. The van der Waals surface area contributed by atoms with Crippen molar-refractivity contribution in [1.29, 1.82) is 0 Å². The average molecular weight is 503 g/mol. The molecule has 0 aliphatic heterocycles. The van der Waals surface area contributed by atoms with Crippen LogP contribution in [0.25, 0.3) is 0 Å². The summed E-state index contributed by atoms with van der Waals surface area (Å²) in [6, 6.07) is 0. The van der Waals surface area contributed by atoms with Crippen molar-refractivity contribution in [2.45, 2.75) is 138 Å². The van der Waals surface area contributed by atoms with Crippen LogP contribution in [0.2, 0.25) is 0 Å². The number of ketones is 1. The van der Waals surface area contributed by atoms with Gasteiger partial charge < -0.3 is 9.84 Å². The SMILES string of the molecule is CC(=O)OC1CC2(C)CCC(C2)C1C.CC1C(=O)CC2(C)CCC1C2.CC1C(O)CC2(C)CCC1C2. The Labute approximate surface area is 220 Å². The van der Waals surface area contributed by atoms with E-state index in [9.17, 15) is 14.7 Å². The monoisotopic (exact) mass is 502 g/mol. The van der Waals surface area contributed by atoms with E-state index >= 15 is 0 Å². The summed E-state index contributed by atoms with van der Waals surface area (Å²) in [5.74, 6) is 4.22. The van der Waals surface area contributed by atoms with Gasteiger partial charge in [-0.2, -0.15) is 0 Å². The summed E-state index contributed by atoms with van der Waals surface area (Å²) in [5.41, 5.74) is 1.35. The second kappa shape index (κ2) is 10.3. The van der Waals surface area contributed by atoms with E-state index < -0.39 is 0 Å². The number of aliphatic hydroxyl groups is 1. The lowest BCUT2D eigenvalue weighted by Gasteiger charge is -2.38. The van der Waals surface area contributed by atoms with Gasteiger partial charge >= 0.3 is 5.97 Å². The molecule has 6 rings (SSSR count). The molecule has 4 nitrogen and oxygen atoms in total. The number of Topliss-reactive ketones (excluding diaryl/α,β-unsaturated/α-hetero) is 1. The lowest BCUT2D eigenvalue weighted by atomic mass is 9.71. The highest BCUT2D eigenvalue weighted by atomic mass is 16.5. The third kappa shape index (κ3) is 6.05. The summed E-state index contributed by atoms with van der Waals surface area (Å²) in [4.78, 5) is 22.4. The fourth-order valence-corrected chi connectivity index (χ4v) is 9.16. The van der Waals surface area contributed by atoms with Crippen molar-refractivity contribution in [3.8, 4) is 0 Å². The van der Waals surface area contributed by atoms with Gasteiger partial charge in [-0.25, -0.2) is 0 Å². The largest absolute Gasteiger partial charge is 0.462 e. The lowest BCUT2D eigenvalue weighted by molar-refractivity contribution is -0.153. The number of rotatable bonds is 1. The summed E-state index contributed by atoms with van der Waals surface area (Å²) in [7, 11) is 0. The van der Waals surface area contributed by atoms with Crippen LogP contribution in [0.15, 0.2) is 0 Å². The first kappa shape index (κ1) is 28.1. The predicted molar refractivity (Wildman–Crippen MR) is 144 cm³/mol. The Morgan fingerprint density at radius 1 is 0.778 bits per heavy atom. The minimum atomic E-state index is -0.119. The highest BCUT2D eigenvalue weighted by molar-refractivity contribution is 5.82. The molecular formula is C32H54O4. The van der Waals surface area contributed by atoms with Gasteiger partial charge in [-0.05, 0) is 116 Å². The van der Waals surface area contributed by atoms with Crippen LogP contribution in [0, 0.1) is 51.8 Å². The van der Waals surface area contributed by atoms with Gasteiger partial charge in [-0.1, -0.05) is 41.5 Å². The zero-order valence-electron chi connectivity index (χ0n) is 24.3. The molecule has 206 valence electrons. The third-order valence-electron chi connectivity index (χ3n) is 11.8. The molecule has 6 fully saturated rings. The molecule has 0 saturated heterocycles. The Balaban J connectivity index is 0.000000128. The number of carbonyl (C=O) groups excluding carboxylic acids is 2. The minimum absolute atomic E-state index is 0.0127. The molecule has 0 radical (unpaired) electrons.